The zero-order valence-corrected chi connectivity index (χ0v) is 13.2. The van der Waals surface area contributed by atoms with Gasteiger partial charge >= 0.3 is 0 Å². The minimum absolute atomic E-state index is 0.387. The number of nitrogens with zero attached hydrogens (tertiary/aromatic N) is 1. The highest BCUT2D eigenvalue weighted by atomic mass is 35.5. The van der Waals surface area contributed by atoms with Crippen molar-refractivity contribution in [1.29, 1.82) is 0 Å². The monoisotopic (exact) mass is 300 g/mol. The molecule has 0 bridgehead atoms. The van der Waals surface area contributed by atoms with Gasteiger partial charge in [0.15, 0.2) is 0 Å². The molecule has 3 heteroatoms. The van der Waals surface area contributed by atoms with E-state index in [2.05, 4.69) is 35.4 Å². The molecular weight excluding hydrogens is 280 g/mol. The van der Waals surface area contributed by atoms with Crippen LogP contribution in [0.5, 0.6) is 0 Å². The largest absolute Gasteiger partial charge is 0.313 e. The molecule has 1 aromatic carbocycles. The van der Waals surface area contributed by atoms with Crippen LogP contribution < -0.4 is 5.32 Å². The predicted molar refractivity (Wildman–Crippen MR) is 87.9 cm³/mol. The van der Waals surface area contributed by atoms with Gasteiger partial charge in [0.1, 0.15) is 0 Å². The lowest BCUT2D eigenvalue weighted by atomic mass is 9.92. The van der Waals surface area contributed by atoms with Crippen LogP contribution in [0.2, 0.25) is 5.02 Å². The Hall–Kier alpha value is -1.38. The van der Waals surface area contributed by atoms with Gasteiger partial charge in [-0.25, -0.2) is 0 Å². The van der Waals surface area contributed by atoms with Gasteiger partial charge in [0.25, 0.3) is 0 Å². The standard InChI is InChI=1S/C18H21ClN2/c1-2-9-20-12-14-5-7-15(19)11-17(14)16-8-6-13-4-3-10-21-18(13)16/h3-5,7,10-11,16,20H,2,6,8-9,12H2,1H3. The number of halogens is 1. The second-order valence-corrected chi connectivity index (χ2v) is 6.10. The van der Waals surface area contributed by atoms with Crippen molar-refractivity contribution in [3.8, 4) is 0 Å². The van der Waals surface area contributed by atoms with E-state index in [0.29, 0.717) is 5.92 Å². The molecule has 1 aromatic heterocycles. The van der Waals surface area contributed by atoms with Gasteiger partial charge in [0.05, 0.1) is 5.69 Å². The molecule has 1 unspecified atom stereocenters. The van der Waals surface area contributed by atoms with E-state index in [0.717, 1.165) is 37.4 Å². The smallest absolute Gasteiger partial charge is 0.0510 e. The summed E-state index contributed by atoms with van der Waals surface area (Å²) in [5.41, 5.74) is 5.30. The second-order valence-electron chi connectivity index (χ2n) is 5.66. The maximum Gasteiger partial charge on any atom is 0.0510 e. The molecule has 1 N–H and O–H groups in total. The summed E-state index contributed by atoms with van der Waals surface area (Å²) in [6.07, 6.45) is 5.29. The summed E-state index contributed by atoms with van der Waals surface area (Å²) in [5.74, 6) is 0.387. The molecule has 0 spiro atoms. The van der Waals surface area contributed by atoms with Crippen LogP contribution in [0.4, 0.5) is 0 Å². The van der Waals surface area contributed by atoms with Gasteiger partial charge in [-0.2, -0.15) is 0 Å². The third kappa shape index (κ3) is 3.12. The van der Waals surface area contributed by atoms with Crippen molar-refractivity contribution < 1.29 is 0 Å². The summed E-state index contributed by atoms with van der Waals surface area (Å²) in [4.78, 5) is 4.62. The molecule has 1 aliphatic carbocycles. The summed E-state index contributed by atoms with van der Waals surface area (Å²) in [7, 11) is 0. The molecule has 0 saturated carbocycles. The second kappa shape index (κ2) is 6.59. The van der Waals surface area contributed by atoms with E-state index < -0.39 is 0 Å². The molecule has 1 atom stereocenters. The number of hydrogen-bond donors (Lipinski definition) is 1. The van der Waals surface area contributed by atoms with E-state index in [1.165, 1.54) is 22.4 Å². The Morgan fingerprint density at radius 1 is 1.33 bits per heavy atom. The molecule has 21 heavy (non-hydrogen) atoms. The van der Waals surface area contributed by atoms with Crippen LogP contribution in [0.15, 0.2) is 36.5 Å². The molecule has 2 aromatic rings. The summed E-state index contributed by atoms with van der Waals surface area (Å²) in [6, 6.07) is 10.5. The normalized spacial score (nSPS) is 17.0. The lowest BCUT2D eigenvalue weighted by Crippen LogP contribution is -2.16. The quantitative estimate of drug-likeness (QED) is 0.832. The van der Waals surface area contributed by atoms with Gasteiger partial charge < -0.3 is 5.32 Å². The third-order valence-electron chi connectivity index (χ3n) is 4.18. The Morgan fingerprint density at radius 2 is 2.24 bits per heavy atom. The first-order valence-electron chi connectivity index (χ1n) is 7.72. The fraction of sp³-hybridized carbons (Fsp3) is 0.389. The van der Waals surface area contributed by atoms with E-state index in [1.807, 2.05) is 18.3 Å². The van der Waals surface area contributed by atoms with Crippen molar-refractivity contribution >= 4 is 11.6 Å². The van der Waals surface area contributed by atoms with E-state index in [-0.39, 0.29) is 0 Å². The van der Waals surface area contributed by atoms with Crippen molar-refractivity contribution in [1.82, 2.24) is 10.3 Å². The topological polar surface area (TPSA) is 24.9 Å². The van der Waals surface area contributed by atoms with E-state index in [9.17, 15) is 0 Å². The average molecular weight is 301 g/mol. The third-order valence-corrected chi connectivity index (χ3v) is 4.42. The van der Waals surface area contributed by atoms with Crippen LogP contribution in [-0.4, -0.2) is 11.5 Å². The molecular formula is C18H21ClN2. The first-order chi connectivity index (χ1) is 10.3. The maximum atomic E-state index is 6.24. The first kappa shape index (κ1) is 14.6. The highest BCUT2D eigenvalue weighted by molar-refractivity contribution is 6.30. The van der Waals surface area contributed by atoms with Gasteiger partial charge in [0.2, 0.25) is 0 Å². The Kier molecular flexibility index (Phi) is 4.57. The maximum absolute atomic E-state index is 6.24. The van der Waals surface area contributed by atoms with Crippen molar-refractivity contribution in [2.75, 3.05) is 6.54 Å². The van der Waals surface area contributed by atoms with Crippen LogP contribution in [0.1, 0.15) is 48.1 Å². The van der Waals surface area contributed by atoms with Gasteiger partial charge in [0, 0.05) is 23.7 Å². The minimum atomic E-state index is 0.387. The molecule has 3 rings (SSSR count). The molecule has 110 valence electrons. The SMILES string of the molecule is CCCNCc1ccc(Cl)cc1C1CCc2cccnc21. The average Bonchev–Trinajstić information content (AvgIpc) is 2.93. The number of pyridine rings is 1. The highest BCUT2D eigenvalue weighted by Gasteiger charge is 2.26. The highest BCUT2D eigenvalue weighted by Crippen LogP contribution is 2.38. The molecule has 2 nitrogen and oxygen atoms in total. The zero-order chi connectivity index (χ0) is 14.7. The van der Waals surface area contributed by atoms with E-state index in [4.69, 9.17) is 11.6 Å². The van der Waals surface area contributed by atoms with Gasteiger partial charge in [-0.15, -0.1) is 0 Å². The van der Waals surface area contributed by atoms with Crippen LogP contribution in [0.25, 0.3) is 0 Å². The predicted octanol–water partition coefficient (Wildman–Crippen LogP) is 4.31. The van der Waals surface area contributed by atoms with Gasteiger partial charge in [-0.3, -0.25) is 4.98 Å². The molecule has 0 radical (unpaired) electrons. The zero-order valence-electron chi connectivity index (χ0n) is 12.4. The Morgan fingerprint density at radius 3 is 3.10 bits per heavy atom. The number of benzene rings is 1. The lowest BCUT2D eigenvalue weighted by molar-refractivity contribution is 0.662. The molecule has 1 heterocycles. The summed E-state index contributed by atoms with van der Waals surface area (Å²) in [5, 5.41) is 4.31. The number of nitrogens with one attached hydrogen (secondary N) is 1. The van der Waals surface area contributed by atoms with Crippen LogP contribution in [0.3, 0.4) is 0 Å². The van der Waals surface area contributed by atoms with Crippen molar-refractivity contribution in [2.45, 2.75) is 38.6 Å². The van der Waals surface area contributed by atoms with Crippen LogP contribution >= 0.6 is 11.6 Å². The minimum Gasteiger partial charge on any atom is -0.313 e. The summed E-state index contributed by atoms with van der Waals surface area (Å²) < 4.78 is 0. The number of rotatable bonds is 5. The van der Waals surface area contributed by atoms with Crippen LogP contribution in [-0.2, 0) is 13.0 Å². The molecule has 0 amide bonds. The fourth-order valence-electron chi connectivity index (χ4n) is 3.17. The van der Waals surface area contributed by atoms with E-state index >= 15 is 0 Å². The lowest BCUT2D eigenvalue weighted by Gasteiger charge is -2.17. The molecule has 0 fully saturated rings. The number of fused-ring (bicyclic) bond motifs is 1. The Bertz CT molecular complexity index is 624. The van der Waals surface area contributed by atoms with Gasteiger partial charge in [-0.05, 0) is 60.7 Å². The number of aryl methyl sites for hydroxylation is 1. The van der Waals surface area contributed by atoms with Crippen molar-refractivity contribution in [3.05, 3.63) is 63.9 Å². The van der Waals surface area contributed by atoms with Gasteiger partial charge in [-0.1, -0.05) is 30.7 Å². The summed E-state index contributed by atoms with van der Waals surface area (Å²) >= 11 is 6.24. The molecule has 0 aliphatic heterocycles. The molecule has 0 saturated heterocycles. The van der Waals surface area contributed by atoms with E-state index in [1.54, 1.807) is 0 Å². The van der Waals surface area contributed by atoms with Crippen molar-refractivity contribution in [2.24, 2.45) is 0 Å². The first-order valence-corrected chi connectivity index (χ1v) is 8.10. The number of aromatic nitrogens is 1. The Labute approximate surface area is 131 Å². The van der Waals surface area contributed by atoms with Crippen LogP contribution in [0, 0.1) is 0 Å². The fourth-order valence-corrected chi connectivity index (χ4v) is 3.35. The Balaban J connectivity index is 1.92. The molecule has 1 aliphatic rings. The van der Waals surface area contributed by atoms with Crippen molar-refractivity contribution in [3.63, 3.8) is 0 Å². The summed E-state index contributed by atoms with van der Waals surface area (Å²) in [6.45, 7) is 4.13. The number of hydrogen-bond acceptors (Lipinski definition) is 2.